The van der Waals surface area contributed by atoms with E-state index in [9.17, 15) is 14.3 Å². The lowest BCUT2D eigenvalue weighted by molar-refractivity contribution is 0.129. The number of aliphatic hydroxyl groups excluding tert-OH is 1. The zero-order valence-corrected chi connectivity index (χ0v) is 11.3. The zero-order chi connectivity index (χ0) is 15.1. The summed E-state index contributed by atoms with van der Waals surface area (Å²) in [6.45, 7) is -0.152. The van der Waals surface area contributed by atoms with E-state index in [1.165, 1.54) is 24.3 Å². The van der Waals surface area contributed by atoms with Gasteiger partial charge in [-0.15, -0.1) is 0 Å². The Bertz CT molecular complexity index is 572. The second-order valence-electron chi connectivity index (χ2n) is 4.49. The lowest BCUT2D eigenvalue weighted by Crippen LogP contribution is -2.31. The third kappa shape index (κ3) is 4.57. The molecule has 0 aliphatic rings. The van der Waals surface area contributed by atoms with Crippen molar-refractivity contribution in [2.24, 2.45) is 0 Å². The summed E-state index contributed by atoms with van der Waals surface area (Å²) >= 11 is 0. The molecule has 0 saturated heterocycles. The minimum Gasteiger partial charge on any atom is -0.445 e. The highest BCUT2D eigenvalue weighted by Crippen LogP contribution is 2.13. The Morgan fingerprint density at radius 3 is 2.43 bits per heavy atom. The summed E-state index contributed by atoms with van der Waals surface area (Å²) in [5.74, 6) is -0.373. The molecule has 0 saturated carbocycles. The molecule has 2 rings (SSSR count). The predicted octanol–water partition coefficient (Wildman–Crippen LogP) is 2.79. The molecule has 4 nitrogen and oxygen atoms in total. The van der Waals surface area contributed by atoms with Crippen molar-refractivity contribution >= 4 is 6.09 Å². The van der Waals surface area contributed by atoms with Crippen LogP contribution in [0.15, 0.2) is 54.6 Å². The molecule has 0 aromatic heterocycles. The second-order valence-corrected chi connectivity index (χ2v) is 4.49. The molecule has 0 aliphatic heterocycles. The highest BCUT2D eigenvalue weighted by Gasteiger charge is 2.14. The largest absolute Gasteiger partial charge is 0.445 e. The second kappa shape index (κ2) is 7.40. The Kier molecular flexibility index (Phi) is 5.29. The first-order chi connectivity index (χ1) is 10.2. The fourth-order valence-corrected chi connectivity index (χ4v) is 1.84. The molecule has 0 heterocycles. The number of alkyl carbamates (subject to hydrolysis) is 1. The highest BCUT2D eigenvalue weighted by atomic mass is 19.1. The maximum Gasteiger partial charge on any atom is 0.408 e. The van der Waals surface area contributed by atoms with Crippen LogP contribution in [0.2, 0.25) is 0 Å². The van der Waals surface area contributed by atoms with Crippen molar-refractivity contribution in [1.82, 2.24) is 5.32 Å². The average molecular weight is 289 g/mol. The van der Waals surface area contributed by atoms with E-state index in [2.05, 4.69) is 5.32 Å². The molecule has 2 aromatic rings. The van der Waals surface area contributed by atoms with E-state index >= 15 is 0 Å². The van der Waals surface area contributed by atoms with Gasteiger partial charge in [-0.1, -0.05) is 42.5 Å². The summed E-state index contributed by atoms with van der Waals surface area (Å²) < 4.78 is 17.9. The van der Waals surface area contributed by atoms with E-state index in [1.54, 1.807) is 0 Å². The van der Waals surface area contributed by atoms with Gasteiger partial charge in [0.15, 0.2) is 0 Å². The maximum atomic E-state index is 12.9. The molecule has 21 heavy (non-hydrogen) atoms. The molecular weight excluding hydrogens is 273 g/mol. The Morgan fingerprint density at radius 2 is 1.81 bits per heavy atom. The van der Waals surface area contributed by atoms with Gasteiger partial charge in [0.25, 0.3) is 0 Å². The van der Waals surface area contributed by atoms with Gasteiger partial charge in [-0.05, 0) is 23.3 Å². The Labute approximate surface area is 122 Å². The normalized spacial score (nSPS) is 11.7. The van der Waals surface area contributed by atoms with Crippen LogP contribution in [0.5, 0.6) is 0 Å². The van der Waals surface area contributed by atoms with Crippen LogP contribution in [0.4, 0.5) is 9.18 Å². The average Bonchev–Trinajstić information content (AvgIpc) is 2.52. The lowest BCUT2D eigenvalue weighted by atomic mass is 10.1. The molecule has 1 atom stereocenters. The third-order valence-corrected chi connectivity index (χ3v) is 2.96. The van der Waals surface area contributed by atoms with Crippen LogP contribution in [0.25, 0.3) is 0 Å². The molecule has 2 N–H and O–H groups in total. The first-order valence-corrected chi connectivity index (χ1v) is 6.52. The van der Waals surface area contributed by atoms with Crippen molar-refractivity contribution in [2.45, 2.75) is 12.6 Å². The summed E-state index contributed by atoms with van der Waals surface area (Å²) in [4.78, 5) is 11.7. The number of amides is 1. The fraction of sp³-hybridized carbons (Fsp3) is 0.188. The standard InChI is InChI=1S/C16H16FNO3/c17-14-8-6-13(7-9-14)15(10-19)18-16(20)21-11-12-4-2-1-3-5-12/h1-9,15,19H,10-11H2,(H,18,20). The quantitative estimate of drug-likeness (QED) is 0.890. The van der Waals surface area contributed by atoms with E-state index in [0.29, 0.717) is 5.56 Å². The van der Waals surface area contributed by atoms with Crippen molar-refractivity contribution in [3.05, 3.63) is 71.5 Å². The van der Waals surface area contributed by atoms with Crippen LogP contribution in [-0.4, -0.2) is 17.8 Å². The third-order valence-electron chi connectivity index (χ3n) is 2.96. The summed E-state index contributed by atoms with van der Waals surface area (Å²) in [5, 5.41) is 11.9. The van der Waals surface area contributed by atoms with Gasteiger partial charge < -0.3 is 15.2 Å². The first-order valence-electron chi connectivity index (χ1n) is 6.52. The topological polar surface area (TPSA) is 58.6 Å². The molecule has 2 aromatic carbocycles. The van der Waals surface area contributed by atoms with Crippen LogP contribution in [0.3, 0.4) is 0 Å². The minimum atomic E-state index is -0.637. The summed E-state index contributed by atoms with van der Waals surface area (Å²) in [6.07, 6.45) is -0.637. The molecule has 1 amide bonds. The number of rotatable bonds is 5. The van der Waals surface area contributed by atoms with Crippen molar-refractivity contribution in [3.8, 4) is 0 Å². The van der Waals surface area contributed by atoms with Crippen molar-refractivity contribution < 1.29 is 19.0 Å². The minimum absolute atomic E-state index is 0.147. The number of nitrogens with one attached hydrogen (secondary N) is 1. The Balaban J connectivity index is 1.89. The summed E-state index contributed by atoms with van der Waals surface area (Å²) in [6, 6.07) is 14.2. The number of hydrogen-bond donors (Lipinski definition) is 2. The van der Waals surface area contributed by atoms with Crippen LogP contribution in [0, 0.1) is 5.82 Å². The number of carbonyl (C=O) groups excluding carboxylic acids is 1. The maximum absolute atomic E-state index is 12.9. The van der Waals surface area contributed by atoms with E-state index < -0.39 is 12.1 Å². The van der Waals surface area contributed by atoms with Gasteiger partial charge in [0.1, 0.15) is 12.4 Å². The number of halogens is 1. The molecule has 0 spiro atoms. The van der Waals surface area contributed by atoms with Gasteiger partial charge in [0.2, 0.25) is 0 Å². The van der Waals surface area contributed by atoms with Crippen LogP contribution >= 0.6 is 0 Å². The van der Waals surface area contributed by atoms with Gasteiger partial charge in [-0.25, -0.2) is 9.18 Å². The van der Waals surface area contributed by atoms with Crippen molar-refractivity contribution in [1.29, 1.82) is 0 Å². The van der Waals surface area contributed by atoms with Gasteiger partial charge in [0.05, 0.1) is 12.6 Å². The SMILES string of the molecule is O=C(NC(CO)c1ccc(F)cc1)OCc1ccccc1. The van der Waals surface area contributed by atoms with E-state index in [4.69, 9.17) is 4.74 Å². The van der Waals surface area contributed by atoms with Gasteiger partial charge in [0, 0.05) is 0 Å². The number of aliphatic hydroxyl groups is 1. The molecule has 0 radical (unpaired) electrons. The highest BCUT2D eigenvalue weighted by molar-refractivity contribution is 5.68. The van der Waals surface area contributed by atoms with Gasteiger partial charge in [-0.3, -0.25) is 0 Å². The smallest absolute Gasteiger partial charge is 0.408 e. The Hall–Kier alpha value is -2.40. The van der Waals surface area contributed by atoms with Crippen LogP contribution in [-0.2, 0) is 11.3 Å². The fourth-order valence-electron chi connectivity index (χ4n) is 1.84. The number of benzene rings is 2. The van der Waals surface area contributed by atoms with E-state index in [1.807, 2.05) is 30.3 Å². The number of ether oxygens (including phenoxy) is 1. The van der Waals surface area contributed by atoms with Gasteiger partial charge in [-0.2, -0.15) is 0 Å². The lowest BCUT2D eigenvalue weighted by Gasteiger charge is -2.16. The first kappa shape index (κ1) is 15.0. The monoisotopic (exact) mass is 289 g/mol. The molecule has 0 aliphatic carbocycles. The van der Waals surface area contributed by atoms with Crippen molar-refractivity contribution in [2.75, 3.05) is 6.61 Å². The summed E-state index contributed by atoms with van der Waals surface area (Å²) in [5.41, 5.74) is 1.48. The van der Waals surface area contributed by atoms with Crippen LogP contribution < -0.4 is 5.32 Å². The summed E-state index contributed by atoms with van der Waals surface area (Å²) in [7, 11) is 0. The predicted molar refractivity (Wildman–Crippen MR) is 76.0 cm³/mol. The molecule has 0 bridgehead atoms. The van der Waals surface area contributed by atoms with Crippen molar-refractivity contribution in [3.63, 3.8) is 0 Å². The molecule has 110 valence electrons. The molecule has 1 unspecified atom stereocenters. The number of hydrogen-bond acceptors (Lipinski definition) is 3. The van der Waals surface area contributed by atoms with E-state index in [0.717, 1.165) is 5.56 Å². The molecule has 5 heteroatoms. The molecule has 0 fully saturated rings. The molecular formula is C16H16FNO3. The Morgan fingerprint density at radius 1 is 1.14 bits per heavy atom. The zero-order valence-electron chi connectivity index (χ0n) is 11.3. The van der Waals surface area contributed by atoms with Crippen LogP contribution in [0.1, 0.15) is 17.2 Å². The van der Waals surface area contributed by atoms with Gasteiger partial charge >= 0.3 is 6.09 Å². The number of carbonyl (C=O) groups is 1. The van der Waals surface area contributed by atoms with E-state index in [-0.39, 0.29) is 19.0 Å².